The van der Waals surface area contributed by atoms with Gasteiger partial charge in [-0.3, -0.25) is 4.79 Å². The number of allylic oxidation sites excluding steroid dienone is 1. The Morgan fingerprint density at radius 3 is 2.88 bits per heavy atom. The van der Waals surface area contributed by atoms with Crippen LogP contribution in [0.1, 0.15) is 38.5 Å². The quantitative estimate of drug-likeness (QED) is 0.712. The van der Waals surface area contributed by atoms with E-state index in [0.717, 1.165) is 32.5 Å². The third-order valence-electron chi connectivity index (χ3n) is 3.58. The summed E-state index contributed by atoms with van der Waals surface area (Å²) in [6.07, 6.45) is 9.24. The number of hydrogen-bond acceptors (Lipinski definition) is 2. The molecule has 0 atom stereocenters. The van der Waals surface area contributed by atoms with Crippen LogP contribution in [0.5, 0.6) is 0 Å². The molecule has 0 radical (unpaired) electrons. The number of nitrogens with one attached hydrogen (secondary N) is 2. The Bertz CT molecular complexity index is 267. The van der Waals surface area contributed by atoms with Crippen molar-refractivity contribution in [3.8, 4) is 0 Å². The van der Waals surface area contributed by atoms with Crippen LogP contribution < -0.4 is 10.6 Å². The molecule has 0 aromatic heterocycles. The lowest BCUT2D eigenvalue weighted by molar-refractivity contribution is -0.125. The molecule has 1 heterocycles. The van der Waals surface area contributed by atoms with Crippen molar-refractivity contribution in [2.24, 2.45) is 5.92 Å². The lowest BCUT2D eigenvalue weighted by Gasteiger charge is -2.22. The van der Waals surface area contributed by atoms with Crippen molar-refractivity contribution in [2.45, 2.75) is 38.5 Å². The minimum absolute atomic E-state index is 0.241. The summed E-state index contributed by atoms with van der Waals surface area (Å²) in [5.41, 5.74) is 1.42. The van der Waals surface area contributed by atoms with Crippen LogP contribution in [-0.2, 0) is 4.79 Å². The molecule has 2 rings (SSSR count). The van der Waals surface area contributed by atoms with Crippen molar-refractivity contribution in [2.75, 3.05) is 19.6 Å². The van der Waals surface area contributed by atoms with Gasteiger partial charge in [0.05, 0.1) is 0 Å². The van der Waals surface area contributed by atoms with Crippen LogP contribution in [0.15, 0.2) is 11.6 Å². The van der Waals surface area contributed by atoms with E-state index in [9.17, 15) is 4.79 Å². The Morgan fingerprint density at radius 1 is 1.38 bits per heavy atom. The molecule has 0 aromatic rings. The van der Waals surface area contributed by atoms with Gasteiger partial charge in [0, 0.05) is 12.5 Å². The molecule has 0 spiro atoms. The average molecular weight is 222 g/mol. The van der Waals surface area contributed by atoms with Gasteiger partial charge < -0.3 is 10.6 Å². The van der Waals surface area contributed by atoms with Gasteiger partial charge >= 0.3 is 0 Å². The van der Waals surface area contributed by atoms with Crippen molar-refractivity contribution >= 4 is 5.91 Å². The number of amides is 1. The second-order valence-electron chi connectivity index (χ2n) is 4.85. The molecule has 3 nitrogen and oxygen atoms in total. The fourth-order valence-electron chi connectivity index (χ4n) is 2.49. The monoisotopic (exact) mass is 222 g/mol. The fraction of sp³-hybridized carbons (Fsp3) is 0.769. The van der Waals surface area contributed by atoms with Crippen LogP contribution >= 0.6 is 0 Å². The SMILES string of the molecule is O=C(NCC1=CCCCC1)C1CCNCC1. The minimum atomic E-state index is 0.241. The van der Waals surface area contributed by atoms with E-state index in [-0.39, 0.29) is 11.8 Å². The first-order valence-electron chi connectivity index (χ1n) is 6.52. The Balaban J connectivity index is 1.72. The van der Waals surface area contributed by atoms with Crippen LogP contribution in [-0.4, -0.2) is 25.5 Å². The fourth-order valence-corrected chi connectivity index (χ4v) is 2.49. The summed E-state index contributed by atoms with van der Waals surface area (Å²) in [6.45, 7) is 2.75. The lowest BCUT2D eigenvalue weighted by Crippen LogP contribution is -2.38. The van der Waals surface area contributed by atoms with Gasteiger partial charge in [0.2, 0.25) is 5.91 Å². The van der Waals surface area contributed by atoms with Gasteiger partial charge in [0.15, 0.2) is 0 Å². The first-order chi connectivity index (χ1) is 7.86. The second kappa shape index (κ2) is 6.04. The third kappa shape index (κ3) is 3.34. The van der Waals surface area contributed by atoms with Gasteiger partial charge in [-0.25, -0.2) is 0 Å². The molecule has 0 bridgehead atoms. The maximum absolute atomic E-state index is 11.9. The highest BCUT2D eigenvalue weighted by Gasteiger charge is 2.20. The Hall–Kier alpha value is -0.830. The molecule has 0 aromatic carbocycles. The highest BCUT2D eigenvalue weighted by molar-refractivity contribution is 5.79. The van der Waals surface area contributed by atoms with Gasteiger partial charge in [0.25, 0.3) is 0 Å². The van der Waals surface area contributed by atoms with Gasteiger partial charge in [-0.15, -0.1) is 0 Å². The molecule has 1 aliphatic carbocycles. The zero-order valence-electron chi connectivity index (χ0n) is 9.93. The summed E-state index contributed by atoms with van der Waals surface area (Å²) in [5, 5.41) is 6.37. The van der Waals surface area contributed by atoms with E-state index in [1.54, 1.807) is 0 Å². The maximum atomic E-state index is 11.9. The molecule has 1 amide bonds. The Labute approximate surface area is 97.7 Å². The van der Waals surface area contributed by atoms with Crippen LogP contribution in [0.2, 0.25) is 0 Å². The summed E-state index contributed by atoms with van der Waals surface area (Å²) < 4.78 is 0. The summed E-state index contributed by atoms with van der Waals surface area (Å²) in [5.74, 6) is 0.499. The number of rotatable bonds is 3. The smallest absolute Gasteiger partial charge is 0.223 e. The molecule has 1 saturated heterocycles. The second-order valence-corrected chi connectivity index (χ2v) is 4.85. The zero-order chi connectivity index (χ0) is 11.2. The molecule has 1 fully saturated rings. The standard InChI is InChI=1S/C13H22N2O/c16-13(12-6-8-14-9-7-12)15-10-11-4-2-1-3-5-11/h4,12,14H,1-3,5-10H2,(H,15,16). The van der Waals surface area contributed by atoms with Gasteiger partial charge in [-0.1, -0.05) is 11.6 Å². The van der Waals surface area contributed by atoms with Gasteiger partial charge in [-0.05, 0) is 51.6 Å². The summed E-state index contributed by atoms with van der Waals surface area (Å²) in [4.78, 5) is 11.9. The molecular weight excluding hydrogens is 200 g/mol. The first-order valence-corrected chi connectivity index (χ1v) is 6.52. The third-order valence-corrected chi connectivity index (χ3v) is 3.58. The van der Waals surface area contributed by atoms with E-state index in [2.05, 4.69) is 16.7 Å². The molecule has 2 aliphatic rings. The average Bonchev–Trinajstić information content (AvgIpc) is 2.38. The summed E-state index contributed by atoms with van der Waals surface area (Å²) >= 11 is 0. The number of carbonyl (C=O) groups excluding carboxylic acids is 1. The van der Waals surface area contributed by atoms with E-state index < -0.39 is 0 Å². The molecular formula is C13H22N2O. The number of hydrogen-bond donors (Lipinski definition) is 2. The molecule has 0 unspecified atom stereocenters. The topological polar surface area (TPSA) is 41.1 Å². The highest BCUT2D eigenvalue weighted by Crippen LogP contribution is 2.17. The first kappa shape index (κ1) is 11.6. The molecule has 2 N–H and O–H groups in total. The van der Waals surface area contributed by atoms with Crippen molar-refractivity contribution in [1.29, 1.82) is 0 Å². The largest absolute Gasteiger partial charge is 0.352 e. The predicted molar refractivity (Wildman–Crippen MR) is 65.2 cm³/mol. The molecule has 90 valence electrons. The molecule has 3 heteroatoms. The van der Waals surface area contributed by atoms with E-state index in [1.807, 2.05) is 0 Å². The van der Waals surface area contributed by atoms with Crippen LogP contribution in [0.4, 0.5) is 0 Å². The molecule has 1 aliphatic heterocycles. The maximum Gasteiger partial charge on any atom is 0.223 e. The normalized spacial score (nSPS) is 22.6. The van der Waals surface area contributed by atoms with Crippen molar-refractivity contribution < 1.29 is 4.79 Å². The van der Waals surface area contributed by atoms with E-state index in [4.69, 9.17) is 0 Å². The Kier molecular flexibility index (Phi) is 4.40. The van der Waals surface area contributed by atoms with Crippen molar-refractivity contribution in [1.82, 2.24) is 10.6 Å². The summed E-state index contributed by atoms with van der Waals surface area (Å²) in [6, 6.07) is 0. The van der Waals surface area contributed by atoms with Crippen molar-refractivity contribution in [3.05, 3.63) is 11.6 Å². The predicted octanol–water partition coefficient (Wildman–Crippen LogP) is 1.60. The van der Waals surface area contributed by atoms with Crippen LogP contribution in [0, 0.1) is 5.92 Å². The zero-order valence-corrected chi connectivity index (χ0v) is 9.93. The lowest BCUT2D eigenvalue weighted by atomic mass is 9.96. The van der Waals surface area contributed by atoms with Crippen LogP contribution in [0.3, 0.4) is 0 Å². The highest BCUT2D eigenvalue weighted by atomic mass is 16.1. The minimum Gasteiger partial charge on any atom is -0.352 e. The molecule has 0 saturated carbocycles. The van der Waals surface area contributed by atoms with Gasteiger partial charge in [0.1, 0.15) is 0 Å². The van der Waals surface area contributed by atoms with E-state index in [1.165, 1.54) is 31.3 Å². The van der Waals surface area contributed by atoms with E-state index >= 15 is 0 Å². The van der Waals surface area contributed by atoms with Gasteiger partial charge in [-0.2, -0.15) is 0 Å². The number of carbonyl (C=O) groups is 1. The van der Waals surface area contributed by atoms with Crippen LogP contribution in [0.25, 0.3) is 0 Å². The van der Waals surface area contributed by atoms with E-state index in [0.29, 0.717) is 0 Å². The molecule has 16 heavy (non-hydrogen) atoms. The Morgan fingerprint density at radius 2 is 2.19 bits per heavy atom. The number of piperidine rings is 1. The summed E-state index contributed by atoms with van der Waals surface area (Å²) in [7, 11) is 0. The van der Waals surface area contributed by atoms with Crippen molar-refractivity contribution in [3.63, 3.8) is 0 Å².